The standard InChI is InChI=1S/C14H14N8OS/c1-22(2)14(23)13-21-9-11(18-6-19-12(9)24-13)20-8-3-7(4-15)10(16)17-5-8/h3-6,15H,1-2H3,(H2,16,17)(H,18,19,20). The van der Waals surface area contributed by atoms with Crippen LogP contribution in [0.3, 0.4) is 0 Å². The van der Waals surface area contributed by atoms with Crippen molar-refractivity contribution in [2.45, 2.75) is 0 Å². The van der Waals surface area contributed by atoms with Gasteiger partial charge in [0.1, 0.15) is 22.5 Å². The number of nitrogen functional groups attached to an aromatic ring is 1. The van der Waals surface area contributed by atoms with Crippen LogP contribution in [0.4, 0.5) is 17.3 Å². The van der Waals surface area contributed by atoms with Crippen molar-refractivity contribution in [2.24, 2.45) is 0 Å². The summed E-state index contributed by atoms with van der Waals surface area (Å²) in [5.74, 6) is 0.539. The van der Waals surface area contributed by atoms with Gasteiger partial charge in [-0.05, 0) is 6.07 Å². The number of aromatic nitrogens is 4. The van der Waals surface area contributed by atoms with E-state index in [-0.39, 0.29) is 11.7 Å². The van der Waals surface area contributed by atoms with E-state index in [0.29, 0.717) is 32.4 Å². The van der Waals surface area contributed by atoms with Crippen LogP contribution >= 0.6 is 11.3 Å². The summed E-state index contributed by atoms with van der Waals surface area (Å²) < 4.78 is 0. The lowest BCUT2D eigenvalue weighted by atomic mass is 10.2. The zero-order chi connectivity index (χ0) is 17.3. The predicted octanol–water partition coefficient (Wildman–Crippen LogP) is 1.51. The third-order valence-corrected chi connectivity index (χ3v) is 4.10. The Morgan fingerprint density at radius 2 is 2.17 bits per heavy atom. The molecule has 3 aromatic rings. The summed E-state index contributed by atoms with van der Waals surface area (Å²) in [6, 6.07) is 1.68. The number of nitrogens with two attached hydrogens (primary N) is 1. The summed E-state index contributed by atoms with van der Waals surface area (Å²) in [7, 11) is 3.33. The largest absolute Gasteiger partial charge is 0.383 e. The van der Waals surface area contributed by atoms with Crippen LogP contribution in [-0.4, -0.2) is 51.1 Å². The molecule has 9 nitrogen and oxygen atoms in total. The fourth-order valence-corrected chi connectivity index (χ4v) is 2.87. The highest BCUT2D eigenvalue weighted by Gasteiger charge is 2.17. The number of nitrogens with one attached hydrogen (secondary N) is 2. The molecule has 0 radical (unpaired) electrons. The number of carbonyl (C=O) groups excluding carboxylic acids is 1. The van der Waals surface area contributed by atoms with Crippen molar-refractivity contribution < 1.29 is 4.79 Å². The van der Waals surface area contributed by atoms with E-state index < -0.39 is 0 Å². The average Bonchev–Trinajstić information content (AvgIpc) is 3.01. The van der Waals surface area contributed by atoms with Crippen LogP contribution in [0.15, 0.2) is 18.6 Å². The summed E-state index contributed by atoms with van der Waals surface area (Å²) in [6.07, 6.45) is 4.06. The molecular weight excluding hydrogens is 328 g/mol. The Bertz CT molecular complexity index is 936. The van der Waals surface area contributed by atoms with Crippen molar-refractivity contribution in [3.8, 4) is 0 Å². The molecule has 122 valence electrons. The van der Waals surface area contributed by atoms with Gasteiger partial charge in [0.25, 0.3) is 5.91 Å². The summed E-state index contributed by atoms with van der Waals surface area (Å²) >= 11 is 1.20. The van der Waals surface area contributed by atoms with Crippen LogP contribution in [0.25, 0.3) is 10.3 Å². The minimum absolute atomic E-state index is 0.191. The second-order valence-corrected chi connectivity index (χ2v) is 6.04. The van der Waals surface area contributed by atoms with Crippen LogP contribution in [-0.2, 0) is 0 Å². The van der Waals surface area contributed by atoms with E-state index in [4.69, 9.17) is 11.1 Å². The Morgan fingerprint density at radius 1 is 1.38 bits per heavy atom. The van der Waals surface area contributed by atoms with Gasteiger partial charge in [0.2, 0.25) is 0 Å². The zero-order valence-corrected chi connectivity index (χ0v) is 13.8. The number of thiazole rings is 1. The molecule has 0 atom stereocenters. The molecule has 0 unspecified atom stereocenters. The fraction of sp³-hybridized carbons (Fsp3) is 0.143. The van der Waals surface area contributed by atoms with Crippen molar-refractivity contribution in [3.63, 3.8) is 0 Å². The summed E-state index contributed by atoms with van der Waals surface area (Å²) in [4.78, 5) is 30.8. The lowest BCUT2D eigenvalue weighted by Crippen LogP contribution is -2.21. The van der Waals surface area contributed by atoms with Crippen molar-refractivity contribution in [1.29, 1.82) is 5.41 Å². The maximum Gasteiger partial charge on any atom is 0.282 e. The van der Waals surface area contributed by atoms with Crippen molar-refractivity contribution in [2.75, 3.05) is 25.1 Å². The molecule has 24 heavy (non-hydrogen) atoms. The molecule has 0 saturated heterocycles. The SMILES string of the molecule is CN(C)C(=O)c1nc2c(Nc3cnc(N)c(C=N)c3)ncnc2s1. The smallest absolute Gasteiger partial charge is 0.282 e. The van der Waals surface area contributed by atoms with Gasteiger partial charge in [-0.25, -0.2) is 19.9 Å². The number of carbonyl (C=O) groups is 1. The molecule has 0 aliphatic heterocycles. The zero-order valence-electron chi connectivity index (χ0n) is 12.9. The number of fused-ring (bicyclic) bond motifs is 1. The van der Waals surface area contributed by atoms with Crippen LogP contribution in [0.2, 0.25) is 0 Å². The molecule has 1 amide bonds. The first-order valence-corrected chi connectivity index (χ1v) is 7.67. The van der Waals surface area contributed by atoms with E-state index in [1.165, 1.54) is 28.8 Å². The Labute approximate surface area is 141 Å². The molecule has 0 fully saturated rings. The fourth-order valence-electron chi connectivity index (χ4n) is 1.94. The molecule has 3 heterocycles. The average molecular weight is 342 g/mol. The Morgan fingerprint density at radius 3 is 2.88 bits per heavy atom. The topological polar surface area (TPSA) is 134 Å². The number of hydrogen-bond acceptors (Lipinski definition) is 9. The van der Waals surface area contributed by atoms with Gasteiger partial charge in [-0.1, -0.05) is 11.3 Å². The number of hydrogen-bond donors (Lipinski definition) is 3. The van der Waals surface area contributed by atoms with Gasteiger partial charge in [0, 0.05) is 25.9 Å². The number of rotatable bonds is 4. The molecule has 3 rings (SSSR count). The maximum atomic E-state index is 12.1. The maximum absolute atomic E-state index is 12.1. The minimum atomic E-state index is -0.191. The van der Waals surface area contributed by atoms with Crippen molar-refractivity contribution >= 4 is 51.1 Å². The second-order valence-electron chi connectivity index (χ2n) is 5.06. The quantitative estimate of drug-likeness (QED) is 0.612. The van der Waals surface area contributed by atoms with Crippen LogP contribution in [0.1, 0.15) is 15.4 Å². The molecule has 0 saturated carbocycles. The molecule has 10 heteroatoms. The predicted molar refractivity (Wildman–Crippen MR) is 93.0 cm³/mol. The highest BCUT2D eigenvalue weighted by Crippen LogP contribution is 2.27. The van der Waals surface area contributed by atoms with Crippen LogP contribution < -0.4 is 11.1 Å². The summed E-state index contributed by atoms with van der Waals surface area (Å²) in [5, 5.41) is 10.8. The minimum Gasteiger partial charge on any atom is -0.383 e. The molecule has 0 aromatic carbocycles. The van der Waals surface area contributed by atoms with Gasteiger partial charge in [-0.2, -0.15) is 0 Å². The molecule has 4 N–H and O–H groups in total. The number of nitrogens with zero attached hydrogens (tertiary/aromatic N) is 5. The van der Waals surface area contributed by atoms with Gasteiger partial charge < -0.3 is 21.4 Å². The Balaban J connectivity index is 2.00. The van der Waals surface area contributed by atoms with E-state index in [9.17, 15) is 4.79 Å². The Kier molecular flexibility index (Phi) is 4.04. The normalized spacial score (nSPS) is 10.6. The Hall–Kier alpha value is -3.14. The van der Waals surface area contributed by atoms with Crippen molar-refractivity contribution in [3.05, 3.63) is 29.2 Å². The van der Waals surface area contributed by atoms with Gasteiger partial charge in [-0.3, -0.25) is 4.79 Å². The van der Waals surface area contributed by atoms with Gasteiger partial charge in [0.05, 0.1) is 11.9 Å². The first-order chi connectivity index (χ1) is 11.5. The van der Waals surface area contributed by atoms with Gasteiger partial charge in [-0.15, -0.1) is 0 Å². The van der Waals surface area contributed by atoms with Gasteiger partial charge >= 0.3 is 0 Å². The van der Waals surface area contributed by atoms with E-state index in [0.717, 1.165) is 6.21 Å². The molecule has 0 spiro atoms. The van der Waals surface area contributed by atoms with E-state index in [2.05, 4.69) is 25.3 Å². The number of pyridine rings is 1. The summed E-state index contributed by atoms with van der Waals surface area (Å²) in [6.45, 7) is 0. The number of amides is 1. The monoisotopic (exact) mass is 342 g/mol. The molecule has 0 aliphatic carbocycles. The van der Waals surface area contributed by atoms with E-state index in [1.807, 2.05) is 0 Å². The number of anilines is 3. The first kappa shape index (κ1) is 15.7. The third kappa shape index (κ3) is 2.86. The van der Waals surface area contributed by atoms with Gasteiger partial charge in [0.15, 0.2) is 10.8 Å². The third-order valence-electron chi connectivity index (χ3n) is 3.15. The second kappa shape index (κ2) is 6.16. The van der Waals surface area contributed by atoms with Crippen LogP contribution in [0, 0.1) is 5.41 Å². The molecule has 0 bridgehead atoms. The molecule has 3 aromatic heterocycles. The lowest BCUT2D eigenvalue weighted by Gasteiger charge is -2.07. The van der Waals surface area contributed by atoms with E-state index in [1.54, 1.807) is 20.2 Å². The summed E-state index contributed by atoms with van der Waals surface area (Å²) in [5.41, 5.74) is 7.28. The van der Waals surface area contributed by atoms with E-state index >= 15 is 0 Å². The van der Waals surface area contributed by atoms with Crippen LogP contribution in [0.5, 0.6) is 0 Å². The molecular formula is C14H14N8OS. The lowest BCUT2D eigenvalue weighted by molar-refractivity contribution is 0.0827. The molecule has 0 aliphatic rings. The first-order valence-electron chi connectivity index (χ1n) is 6.86. The van der Waals surface area contributed by atoms with Crippen molar-refractivity contribution in [1.82, 2.24) is 24.8 Å². The highest BCUT2D eigenvalue weighted by molar-refractivity contribution is 7.19. The highest BCUT2D eigenvalue weighted by atomic mass is 32.1.